The largest absolute Gasteiger partial charge is 0.497 e. The second-order valence-electron chi connectivity index (χ2n) is 7.34. The van der Waals surface area contributed by atoms with Gasteiger partial charge in [0.1, 0.15) is 11.6 Å². The number of hydrogen-bond donors (Lipinski definition) is 0. The molecular weight excluding hydrogens is 410 g/mol. The molecule has 1 aromatic heterocycles. The summed E-state index contributed by atoms with van der Waals surface area (Å²) in [5.74, 6) is 0.892. The number of rotatable bonds is 10. The Bertz CT molecular complexity index is 1130. The molecule has 0 aliphatic heterocycles. The maximum Gasteiger partial charge on any atom is 0.261 e. The van der Waals surface area contributed by atoms with Crippen LogP contribution in [0.25, 0.3) is 10.9 Å². The number of benzene rings is 2. The van der Waals surface area contributed by atoms with E-state index in [2.05, 4.69) is 0 Å². The summed E-state index contributed by atoms with van der Waals surface area (Å²) in [7, 11) is 4.73. The van der Waals surface area contributed by atoms with E-state index in [1.165, 1.54) is 0 Å². The van der Waals surface area contributed by atoms with Gasteiger partial charge in [-0.15, -0.1) is 0 Å². The van der Waals surface area contributed by atoms with Crippen LogP contribution in [0.4, 0.5) is 0 Å². The molecule has 0 bridgehead atoms. The minimum Gasteiger partial charge on any atom is -0.497 e. The molecular formula is C24H29N3O5. The van der Waals surface area contributed by atoms with Crippen molar-refractivity contribution < 1.29 is 19.0 Å². The first-order valence-electron chi connectivity index (χ1n) is 10.4. The van der Waals surface area contributed by atoms with E-state index in [0.29, 0.717) is 54.3 Å². The van der Waals surface area contributed by atoms with Gasteiger partial charge in [0.15, 0.2) is 0 Å². The summed E-state index contributed by atoms with van der Waals surface area (Å²) < 4.78 is 17.3. The molecule has 3 rings (SSSR count). The van der Waals surface area contributed by atoms with Crippen LogP contribution in [0.5, 0.6) is 5.75 Å². The lowest BCUT2D eigenvalue weighted by molar-refractivity contribution is 0.0600. The van der Waals surface area contributed by atoms with E-state index in [0.717, 1.165) is 0 Å². The molecule has 0 saturated heterocycles. The van der Waals surface area contributed by atoms with Crippen LogP contribution in [0.2, 0.25) is 0 Å². The van der Waals surface area contributed by atoms with E-state index in [4.69, 9.17) is 19.2 Å². The highest BCUT2D eigenvalue weighted by atomic mass is 16.5. The molecule has 0 N–H and O–H groups in total. The Balaban J connectivity index is 2.09. The maximum atomic E-state index is 13.5. The third-order valence-corrected chi connectivity index (χ3v) is 5.37. The number of hydrogen-bond acceptors (Lipinski definition) is 6. The predicted molar refractivity (Wildman–Crippen MR) is 122 cm³/mol. The number of nitrogens with zero attached hydrogens (tertiary/aromatic N) is 3. The monoisotopic (exact) mass is 439 g/mol. The van der Waals surface area contributed by atoms with E-state index in [-0.39, 0.29) is 11.5 Å². The average Bonchev–Trinajstić information content (AvgIpc) is 2.83. The molecule has 1 atom stereocenters. The zero-order valence-corrected chi connectivity index (χ0v) is 18.9. The number of ether oxygens (including phenoxy) is 3. The Morgan fingerprint density at radius 3 is 2.53 bits per heavy atom. The summed E-state index contributed by atoms with van der Waals surface area (Å²) in [6.07, 6.45) is 0. The van der Waals surface area contributed by atoms with Gasteiger partial charge in [-0.3, -0.25) is 14.2 Å². The molecule has 1 amide bonds. The molecule has 0 aliphatic carbocycles. The van der Waals surface area contributed by atoms with Crippen molar-refractivity contribution in [2.75, 3.05) is 41.1 Å². The van der Waals surface area contributed by atoms with Gasteiger partial charge in [0.25, 0.3) is 11.5 Å². The third-order valence-electron chi connectivity index (χ3n) is 5.37. The molecule has 0 radical (unpaired) electrons. The summed E-state index contributed by atoms with van der Waals surface area (Å²) in [5.41, 5.74) is 0.919. The summed E-state index contributed by atoms with van der Waals surface area (Å²) in [6.45, 7) is 3.23. The number of methoxy groups -OCH3 is 3. The van der Waals surface area contributed by atoms with E-state index >= 15 is 0 Å². The number of amides is 1. The predicted octanol–water partition coefficient (Wildman–Crippen LogP) is 2.90. The smallest absolute Gasteiger partial charge is 0.261 e. The molecule has 0 spiro atoms. The van der Waals surface area contributed by atoms with Gasteiger partial charge in [-0.05, 0) is 37.3 Å². The van der Waals surface area contributed by atoms with Gasteiger partial charge in [0, 0.05) is 26.3 Å². The van der Waals surface area contributed by atoms with Gasteiger partial charge in [-0.25, -0.2) is 4.98 Å². The molecule has 2 aromatic carbocycles. The van der Waals surface area contributed by atoms with Crippen LogP contribution in [0, 0.1) is 0 Å². The summed E-state index contributed by atoms with van der Waals surface area (Å²) in [5, 5.41) is 0.530. The van der Waals surface area contributed by atoms with Crippen LogP contribution in [0.1, 0.15) is 29.1 Å². The standard InChI is InChI=1S/C24H29N3O5/c1-17(26(12-14-30-2)23(28)18-8-7-9-19(16-18)32-4)22-25-21-11-6-5-10-20(21)24(29)27(22)13-15-31-3/h5-11,16-17H,12-15H2,1-4H3. The molecule has 1 unspecified atom stereocenters. The van der Waals surface area contributed by atoms with Gasteiger partial charge in [-0.1, -0.05) is 18.2 Å². The number of aromatic nitrogens is 2. The third kappa shape index (κ3) is 4.98. The molecule has 1 heterocycles. The fourth-order valence-corrected chi connectivity index (χ4v) is 3.62. The van der Waals surface area contributed by atoms with Gasteiger partial charge < -0.3 is 19.1 Å². The molecule has 32 heavy (non-hydrogen) atoms. The average molecular weight is 440 g/mol. The van der Waals surface area contributed by atoms with Crippen molar-refractivity contribution in [2.24, 2.45) is 0 Å². The first-order chi connectivity index (χ1) is 15.5. The molecule has 8 heteroatoms. The highest BCUT2D eigenvalue weighted by Crippen LogP contribution is 2.23. The van der Waals surface area contributed by atoms with Crippen molar-refractivity contribution in [3.8, 4) is 5.75 Å². The zero-order chi connectivity index (χ0) is 23.1. The summed E-state index contributed by atoms with van der Waals surface area (Å²) >= 11 is 0. The molecule has 8 nitrogen and oxygen atoms in total. The lowest BCUT2D eigenvalue weighted by atomic mass is 10.1. The van der Waals surface area contributed by atoms with Crippen LogP contribution in [0.15, 0.2) is 53.3 Å². The van der Waals surface area contributed by atoms with E-state index in [9.17, 15) is 9.59 Å². The van der Waals surface area contributed by atoms with Crippen molar-refractivity contribution in [3.63, 3.8) is 0 Å². The van der Waals surface area contributed by atoms with Crippen LogP contribution in [-0.4, -0.2) is 61.4 Å². The Morgan fingerprint density at radius 2 is 1.81 bits per heavy atom. The normalized spacial score (nSPS) is 12.0. The molecule has 0 fully saturated rings. The van der Waals surface area contributed by atoms with Crippen molar-refractivity contribution in [1.29, 1.82) is 0 Å². The SMILES string of the molecule is COCCN(C(=O)c1cccc(OC)c1)C(C)c1nc2ccccc2c(=O)n1CCOC. The molecule has 0 aliphatic rings. The van der Waals surface area contributed by atoms with E-state index < -0.39 is 6.04 Å². The lowest BCUT2D eigenvalue weighted by Crippen LogP contribution is -2.40. The Labute approximate surface area is 187 Å². The van der Waals surface area contributed by atoms with Gasteiger partial charge in [0.2, 0.25) is 0 Å². The van der Waals surface area contributed by atoms with Crippen molar-refractivity contribution in [3.05, 3.63) is 70.3 Å². The van der Waals surface area contributed by atoms with Crippen LogP contribution in [0.3, 0.4) is 0 Å². The number of para-hydroxylation sites is 1. The fourth-order valence-electron chi connectivity index (χ4n) is 3.62. The molecule has 0 saturated carbocycles. The minimum atomic E-state index is -0.488. The second kappa shape index (κ2) is 10.9. The number of fused-ring (bicyclic) bond motifs is 1. The van der Waals surface area contributed by atoms with Crippen molar-refractivity contribution in [1.82, 2.24) is 14.5 Å². The van der Waals surface area contributed by atoms with Crippen molar-refractivity contribution >= 4 is 16.8 Å². The first-order valence-corrected chi connectivity index (χ1v) is 10.4. The van der Waals surface area contributed by atoms with Crippen LogP contribution in [-0.2, 0) is 16.0 Å². The second-order valence-corrected chi connectivity index (χ2v) is 7.34. The number of carbonyl (C=O) groups is 1. The maximum absolute atomic E-state index is 13.5. The van der Waals surface area contributed by atoms with Gasteiger partial charge in [0.05, 0.1) is 43.8 Å². The topological polar surface area (TPSA) is 82.9 Å². The van der Waals surface area contributed by atoms with E-state index in [1.54, 1.807) is 67.2 Å². The summed E-state index contributed by atoms with van der Waals surface area (Å²) in [4.78, 5) is 33.2. The lowest BCUT2D eigenvalue weighted by Gasteiger charge is -2.30. The van der Waals surface area contributed by atoms with Crippen LogP contribution < -0.4 is 10.3 Å². The fraction of sp³-hybridized carbons (Fsp3) is 0.375. The van der Waals surface area contributed by atoms with E-state index in [1.807, 2.05) is 19.1 Å². The molecule has 170 valence electrons. The number of carbonyl (C=O) groups excluding carboxylic acids is 1. The van der Waals surface area contributed by atoms with Gasteiger partial charge in [-0.2, -0.15) is 0 Å². The Morgan fingerprint density at radius 1 is 1.06 bits per heavy atom. The van der Waals surface area contributed by atoms with Crippen molar-refractivity contribution in [2.45, 2.75) is 19.5 Å². The molecule has 3 aromatic rings. The highest BCUT2D eigenvalue weighted by molar-refractivity contribution is 5.95. The quantitative estimate of drug-likeness (QED) is 0.483. The first kappa shape index (κ1) is 23.4. The van der Waals surface area contributed by atoms with Gasteiger partial charge >= 0.3 is 0 Å². The Hall–Kier alpha value is -3.23. The zero-order valence-electron chi connectivity index (χ0n) is 18.9. The van der Waals surface area contributed by atoms with Crippen LogP contribution >= 0.6 is 0 Å². The Kier molecular flexibility index (Phi) is 7.97. The minimum absolute atomic E-state index is 0.157. The summed E-state index contributed by atoms with van der Waals surface area (Å²) in [6, 6.07) is 13.7. The highest BCUT2D eigenvalue weighted by Gasteiger charge is 2.27.